The topological polar surface area (TPSA) is 75.0 Å². The van der Waals surface area contributed by atoms with E-state index in [1.807, 2.05) is 37.9 Å². The molecule has 0 aromatic carbocycles. The van der Waals surface area contributed by atoms with Crippen molar-refractivity contribution in [3.05, 3.63) is 54.7 Å². The molecule has 1 fully saturated rings. The SMILES string of the molecule is C#CC1CCN(c2ccc(-c3cc(-c4cnn(C)c4)cn4ncc(C#N)c34)cn2)CC1. The van der Waals surface area contributed by atoms with Crippen LogP contribution < -0.4 is 4.90 Å². The molecule has 0 spiro atoms. The smallest absolute Gasteiger partial charge is 0.128 e. The van der Waals surface area contributed by atoms with Gasteiger partial charge >= 0.3 is 0 Å². The Morgan fingerprint density at radius 1 is 1.03 bits per heavy atom. The second-order valence-corrected chi connectivity index (χ2v) is 7.84. The minimum Gasteiger partial charge on any atom is -0.357 e. The number of nitriles is 1. The van der Waals surface area contributed by atoms with Crippen molar-refractivity contribution in [1.82, 2.24) is 24.4 Å². The number of hydrogen-bond donors (Lipinski definition) is 0. The highest BCUT2D eigenvalue weighted by Crippen LogP contribution is 2.32. The summed E-state index contributed by atoms with van der Waals surface area (Å²) in [5.41, 5.74) is 5.13. The largest absolute Gasteiger partial charge is 0.357 e. The fourth-order valence-electron chi connectivity index (χ4n) is 4.16. The highest BCUT2D eigenvalue weighted by molar-refractivity contribution is 5.87. The zero-order valence-electron chi connectivity index (χ0n) is 17.2. The minimum atomic E-state index is 0.366. The van der Waals surface area contributed by atoms with Crippen LogP contribution in [0.3, 0.4) is 0 Å². The first kappa shape index (κ1) is 18.9. The first-order chi connectivity index (χ1) is 15.2. The van der Waals surface area contributed by atoms with Gasteiger partial charge in [0.15, 0.2) is 0 Å². The summed E-state index contributed by atoms with van der Waals surface area (Å²) in [4.78, 5) is 7.00. The molecule has 4 aromatic heterocycles. The van der Waals surface area contributed by atoms with E-state index in [9.17, 15) is 5.26 Å². The van der Waals surface area contributed by atoms with Crippen LogP contribution in [-0.4, -0.2) is 37.5 Å². The average Bonchev–Trinajstić information content (AvgIpc) is 3.44. The lowest BCUT2D eigenvalue weighted by molar-refractivity contribution is 0.489. The molecular formula is C24H21N7. The van der Waals surface area contributed by atoms with E-state index < -0.39 is 0 Å². The van der Waals surface area contributed by atoms with Crippen molar-refractivity contribution < 1.29 is 0 Å². The number of rotatable bonds is 3. The Bertz CT molecular complexity index is 1320. The summed E-state index contributed by atoms with van der Waals surface area (Å²) in [6, 6.07) is 8.43. The number of fused-ring (bicyclic) bond motifs is 1. The van der Waals surface area contributed by atoms with Crippen molar-refractivity contribution in [3.63, 3.8) is 0 Å². The Kier molecular flexibility index (Phi) is 4.65. The number of aromatic nitrogens is 5. The third kappa shape index (κ3) is 3.41. The Morgan fingerprint density at radius 2 is 1.87 bits per heavy atom. The quantitative estimate of drug-likeness (QED) is 0.486. The van der Waals surface area contributed by atoms with Crippen molar-refractivity contribution in [1.29, 1.82) is 5.26 Å². The van der Waals surface area contributed by atoms with Crippen LogP contribution in [0.1, 0.15) is 18.4 Å². The molecule has 0 aliphatic carbocycles. The van der Waals surface area contributed by atoms with Gasteiger partial charge in [0.2, 0.25) is 0 Å². The molecule has 1 saturated heterocycles. The van der Waals surface area contributed by atoms with E-state index in [1.54, 1.807) is 15.4 Å². The zero-order chi connectivity index (χ0) is 21.4. The van der Waals surface area contributed by atoms with Crippen molar-refractivity contribution in [3.8, 4) is 40.7 Å². The van der Waals surface area contributed by atoms with Crippen molar-refractivity contribution in [2.75, 3.05) is 18.0 Å². The van der Waals surface area contributed by atoms with Gasteiger partial charge in [0.25, 0.3) is 0 Å². The summed E-state index contributed by atoms with van der Waals surface area (Å²) < 4.78 is 3.53. The third-order valence-corrected chi connectivity index (χ3v) is 5.88. The highest BCUT2D eigenvalue weighted by Gasteiger charge is 2.19. The molecule has 1 aliphatic rings. The second-order valence-electron chi connectivity index (χ2n) is 7.84. The molecule has 0 saturated carbocycles. The normalized spacial score (nSPS) is 14.5. The Labute approximate surface area is 180 Å². The van der Waals surface area contributed by atoms with E-state index in [0.29, 0.717) is 11.5 Å². The lowest BCUT2D eigenvalue weighted by Crippen LogP contribution is -2.33. The summed E-state index contributed by atoms with van der Waals surface area (Å²) >= 11 is 0. The number of terminal acetylenes is 1. The van der Waals surface area contributed by atoms with Gasteiger partial charge in [-0.3, -0.25) is 4.68 Å². The van der Waals surface area contributed by atoms with Gasteiger partial charge in [-0.1, -0.05) is 0 Å². The number of aryl methyl sites for hydroxylation is 1. The molecule has 7 heteroatoms. The van der Waals surface area contributed by atoms with Crippen LogP contribution in [0.2, 0.25) is 0 Å². The van der Waals surface area contributed by atoms with Crippen LogP contribution in [0, 0.1) is 29.6 Å². The van der Waals surface area contributed by atoms with Crippen LogP contribution in [0.5, 0.6) is 0 Å². The van der Waals surface area contributed by atoms with E-state index in [1.165, 1.54) is 0 Å². The fraction of sp³-hybridized carbons (Fsp3) is 0.250. The van der Waals surface area contributed by atoms with Crippen molar-refractivity contribution >= 4 is 11.3 Å². The monoisotopic (exact) mass is 407 g/mol. The molecule has 0 radical (unpaired) electrons. The summed E-state index contributed by atoms with van der Waals surface area (Å²) in [6.07, 6.45) is 16.7. The predicted octanol–water partition coefficient (Wildman–Crippen LogP) is 3.52. The average molecular weight is 407 g/mol. The van der Waals surface area contributed by atoms with Crippen molar-refractivity contribution in [2.45, 2.75) is 12.8 Å². The number of piperidine rings is 1. The fourth-order valence-corrected chi connectivity index (χ4v) is 4.16. The predicted molar refractivity (Wildman–Crippen MR) is 119 cm³/mol. The molecule has 5 rings (SSSR count). The molecule has 4 aromatic rings. The molecule has 0 N–H and O–H groups in total. The van der Waals surface area contributed by atoms with E-state index in [4.69, 9.17) is 11.4 Å². The Balaban J connectivity index is 1.55. The van der Waals surface area contributed by atoms with Gasteiger partial charge in [0.05, 0.1) is 23.5 Å². The highest BCUT2D eigenvalue weighted by atomic mass is 15.2. The molecule has 0 bridgehead atoms. The van der Waals surface area contributed by atoms with Crippen LogP contribution in [-0.2, 0) is 7.05 Å². The molecule has 152 valence electrons. The first-order valence-corrected chi connectivity index (χ1v) is 10.2. The minimum absolute atomic E-state index is 0.366. The van der Waals surface area contributed by atoms with Crippen LogP contribution >= 0.6 is 0 Å². The molecule has 31 heavy (non-hydrogen) atoms. The lowest BCUT2D eigenvalue weighted by atomic mass is 9.98. The molecule has 1 aliphatic heterocycles. The maximum absolute atomic E-state index is 9.59. The van der Waals surface area contributed by atoms with Crippen LogP contribution in [0.25, 0.3) is 27.8 Å². The molecule has 0 atom stereocenters. The van der Waals surface area contributed by atoms with Gasteiger partial charge in [0, 0.05) is 66.9 Å². The first-order valence-electron chi connectivity index (χ1n) is 10.2. The summed E-state index contributed by atoms with van der Waals surface area (Å²) in [6.45, 7) is 1.84. The van der Waals surface area contributed by atoms with E-state index >= 15 is 0 Å². The lowest BCUT2D eigenvalue weighted by Gasteiger charge is -2.30. The maximum atomic E-state index is 9.59. The zero-order valence-corrected chi connectivity index (χ0v) is 17.2. The summed E-state index contributed by atoms with van der Waals surface area (Å²) in [7, 11) is 1.89. The summed E-state index contributed by atoms with van der Waals surface area (Å²) in [5.74, 6) is 4.18. The van der Waals surface area contributed by atoms with Gasteiger partial charge in [-0.05, 0) is 31.0 Å². The van der Waals surface area contributed by atoms with Crippen molar-refractivity contribution in [2.24, 2.45) is 13.0 Å². The standard InChI is InChI=1S/C24H21N7/c1-3-17-6-8-30(9-7-17)23-5-4-18(12-26-23)22-10-19(21-14-27-29(2)15-21)16-31-24(22)20(11-25)13-28-31/h1,4-5,10,12-17H,6-9H2,2H3. The molecule has 0 amide bonds. The van der Waals surface area contributed by atoms with Gasteiger partial charge in [-0.15, -0.1) is 12.3 Å². The van der Waals surface area contributed by atoms with E-state index in [0.717, 1.165) is 59.5 Å². The third-order valence-electron chi connectivity index (χ3n) is 5.88. The molecular weight excluding hydrogens is 386 g/mol. The van der Waals surface area contributed by atoms with Gasteiger partial charge in [-0.25, -0.2) is 9.50 Å². The van der Waals surface area contributed by atoms with Crippen LogP contribution in [0.15, 0.2) is 49.2 Å². The molecule has 5 heterocycles. The molecule has 0 unspecified atom stereocenters. The molecule has 7 nitrogen and oxygen atoms in total. The van der Waals surface area contributed by atoms with Gasteiger partial charge in [-0.2, -0.15) is 15.5 Å². The number of anilines is 1. The van der Waals surface area contributed by atoms with Gasteiger partial charge < -0.3 is 4.90 Å². The van der Waals surface area contributed by atoms with Gasteiger partial charge in [0.1, 0.15) is 11.9 Å². The Morgan fingerprint density at radius 3 is 2.52 bits per heavy atom. The number of pyridine rings is 2. The van der Waals surface area contributed by atoms with Crippen LogP contribution in [0.4, 0.5) is 5.82 Å². The van der Waals surface area contributed by atoms with E-state index in [2.05, 4.69) is 39.2 Å². The Hall–Kier alpha value is -4.10. The number of hydrogen-bond acceptors (Lipinski definition) is 5. The second kappa shape index (κ2) is 7.62. The summed E-state index contributed by atoms with van der Waals surface area (Å²) in [5, 5.41) is 18.3. The number of nitrogens with zero attached hydrogens (tertiary/aromatic N) is 7. The van der Waals surface area contributed by atoms with E-state index in [-0.39, 0.29) is 0 Å². The maximum Gasteiger partial charge on any atom is 0.128 e.